The zero-order valence-electron chi connectivity index (χ0n) is 10.5. The first kappa shape index (κ1) is 12.2. The molecule has 1 amide bonds. The Kier molecular flexibility index (Phi) is 3.67. The van der Waals surface area contributed by atoms with Gasteiger partial charge in [-0.3, -0.25) is 9.78 Å². The van der Waals surface area contributed by atoms with Crippen LogP contribution in [0.4, 0.5) is 5.82 Å². The molecule has 1 N–H and O–H groups in total. The summed E-state index contributed by atoms with van der Waals surface area (Å²) in [5.41, 5.74) is 3.12. The van der Waals surface area contributed by atoms with E-state index in [1.54, 1.807) is 18.5 Å². The molecular weight excluding hydrogens is 226 g/mol. The third-order valence-corrected chi connectivity index (χ3v) is 2.56. The molecule has 0 radical (unpaired) electrons. The van der Waals surface area contributed by atoms with E-state index in [2.05, 4.69) is 15.3 Å². The van der Waals surface area contributed by atoms with Crippen molar-refractivity contribution in [2.24, 2.45) is 0 Å². The van der Waals surface area contributed by atoms with Crippen LogP contribution in [0.1, 0.15) is 18.9 Å². The molecule has 0 atom stereocenters. The highest BCUT2D eigenvalue weighted by Gasteiger charge is 2.02. The lowest BCUT2D eigenvalue weighted by atomic mass is 10.1. The lowest BCUT2D eigenvalue weighted by Gasteiger charge is -2.05. The van der Waals surface area contributed by atoms with Crippen molar-refractivity contribution in [3.8, 4) is 11.1 Å². The van der Waals surface area contributed by atoms with Gasteiger partial charge in [0.2, 0.25) is 5.91 Å². The molecule has 2 rings (SSSR count). The molecule has 4 heteroatoms. The van der Waals surface area contributed by atoms with Crippen LogP contribution >= 0.6 is 0 Å². The largest absolute Gasteiger partial charge is 0.311 e. The Morgan fingerprint density at radius 3 is 2.67 bits per heavy atom. The topological polar surface area (TPSA) is 54.9 Å². The van der Waals surface area contributed by atoms with Crippen LogP contribution in [0, 0.1) is 6.92 Å². The highest BCUT2D eigenvalue weighted by atomic mass is 16.1. The van der Waals surface area contributed by atoms with Crippen molar-refractivity contribution in [2.45, 2.75) is 20.3 Å². The molecule has 4 nitrogen and oxygen atoms in total. The second kappa shape index (κ2) is 5.40. The summed E-state index contributed by atoms with van der Waals surface area (Å²) in [5, 5.41) is 2.72. The minimum atomic E-state index is -0.0347. The van der Waals surface area contributed by atoms with E-state index in [0.29, 0.717) is 12.2 Å². The van der Waals surface area contributed by atoms with Gasteiger partial charge in [0.25, 0.3) is 0 Å². The predicted octanol–water partition coefficient (Wildman–Crippen LogP) is 2.80. The van der Waals surface area contributed by atoms with Crippen LogP contribution in [0.15, 0.2) is 36.8 Å². The van der Waals surface area contributed by atoms with Crippen LogP contribution < -0.4 is 5.32 Å². The van der Waals surface area contributed by atoms with Gasteiger partial charge in [0.1, 0.15) is 5.82 Å². The van der Waals surface area contributed by atoms with E-state index in [1.165, 1.54) is 0 Å². The number of nitrogens with zero attached hydrogens (tertiary/aromatic N) is 2. The highest BCUT2D eigenvalue weighted by Crippen LogP contribution is 2.19. The number of nitrogens with one attached hydrogen (secondary N) is 1. The van der Waals surface area contributed by atoms with Crippen LogP contribution in [-0.2, 0) is 4.79 Å². The molecule has 0 aliphatic heterocycles. The fourth-order valence-electron chi connectivity index (χ4n) is 1.58. The predicted molar refractivity (Wildman–Crippen MR) is 71.1 cm³/mol. The quantitative estimate of drug-likeness (QED) is 0.899. The first-order valence-corrected chi connectivity index (χ1v) is 5.87. The Balaban J connectivity index is 2.19. The number of carbonyl (C=O) groups is 1. The number of carbonyl (C=O) groups excluding carboxylic acids is 1. The lowest BCUT2D eigenvalue weighted by Crippen LogP contribution is -2.10. The molecular formula is C14H15N3O. The summed E-state index contributed by atoms with van der Waals surface area (Å²) in [6.45, 7) is 3.81. The molecule has 0 unspecified atom stereocenters. The van der Waals surface area contributed by atoms with Gasteiger partial charge in [0, 0.05) is 36.1 Å². The smallest absolute Gasteiger partial charge is 0.225 e. The molecule has 0 saturated heterocycles. The van der Waals surface area contributed by atoms with Crippen LogP contribution in [0.5, 0.6) is 0 Å². The van der Waals surface area contributed by atoms with Crippen LogP contribution in [0.2, 0.25) is 0 Å². The van der Waals surface area contributed by atoms with Crippen molar-refractivity contribution in [3.63, 3.8) is 0 Å². The minimum Gasteiger partial charge on any atom is -0.311 e. The Morgan fingerprint density at radius 2 is 2.06 bits per heavy atom. The zero-order chi connectivity index (χ0) is 13.0. The number of hydrogen-bond donors (Lipinski definition) is 1. The van der Waals surface area contributed by atoms with Crippen molar-refractivity contribution in [1.82, 2.24) is 9.97 Å². The number of aromatic nitrogens is 2. The molecule has 0 aromatic carbocycles. The van der Waals surface area contributed by atoms with Gasteiger partial charge in [-0.2, -0.15) is 0 Å². The number of pyridine rings is 2. The standard InChI is InChI=1S/C14H15N3O/c1-3-14(18)17-13-5-4-11(9-16-13)12-6-10(2)7-15-8-12/h4-9H,3H2,1-2H3,(H,16,17,18). The van der Waals surface area contributed by atoms with Crippen molar-refractivity contribution in [3.05, 3.63) is 42.4 Å². The number of hydrogen-bond acceptors (Lipinski definition) is 3. The second-order valence-corrected chi connectivity index (χ2v) is 4.08. The Morgan fingerprint density at radius 1 is 1.22 bits per heavy atom. The number of rotatable bonds is 3. The van der Waals surface area contributed by atoms with E-state index in [0.717, 1.165) is 16.7 Å². The Labute approximate surface area is 106 Å². The fraction of sp³-hybridized carbons (Fsp3) is 0.214. The van der Waals surface area contributed by atoms with Gasteiger partial charge in [-0.15, -0.1) is 0 Å². The highest BCUT2D eigenvalue weighted by molar-refractivity contribution is 5.89. The minimum absolute atomic E-state index is 0.0347. The van der Waals surface area contributed by atoms with E-state index < -0.39 is 0 Å². The molecule has 2 heterocycles. The van der Waals surface area contributed by atoms with E-state index in [1.807, 2.05) is 32.2 Å². The summed E-state index contributed by atoms with van der Waals surface area (Å²) in [6.07, 6.45) is 5.80. The molecule has 2 aromatic rings. The first-order valence-electron chi connectivity index (χ1n) is 5.87. The summed E-state index contributed by atoms with van der Waals surface area (Å²) in [7, 11) is 0. The maximum atomic E-state index is 11.2. The van der Waals surface area contributed by atoms with Gasteiger partial charge < -0.3 is 5.32 Å². The monoisotopic (exact) mass is 241 g/mol. The SMILES string of the molecule is CCC(=O)Nc1ccc(-c2cncc(C)c2)cn1. The zero-order valence-corrected chi connectivity index (χ0v) is 10.5. The molecule has 0 aliphatic carbocycles. The second-order valence-electron chi connectivity index (χ2n) is 4.08. The molecule has 0 fully saturated rings. The van der Waals surface area contributed by atoms with E-state index >= 15 is 0 Å². The number of anilines is 1. The van der Waals surface area contributed by atoms with Gasteiger partial charge in [-0.05, 0) is 30.7 Å². The maximum absolute atomic E-state index is 11.2. The number of aryl methyl sites for hydroxylation is 1. The van der Waals surface area contributed by atoms with Crippen molar-refractivity contribution < 1.29 is 4.79 Å². The molecule has 0 bridgehead atoms. The van der Waals surface area contributed by atoms with Crippen LogP contribution in [0.25, 0.3) is 11.1 Å². The van der Waals surface area contributed by atoms with E-state index in [4.69, 9.17) is 0 Å². The summed E-state index contributed by atoms with van der Waals surface area (Å²) >= 11 is 0. The summed E-state index contributed by atoms with van der Waals surface area (Å²) in [4.78, 5) is 19.6. The third kappa shape index (κ3) is 2.91. The summed E-state index contributed by atoms with van der Waals surface area (Å²) in [5.74, 6) is 0.540. The first-order chi connectivity index (χ1) is 8.69. The average Bonchev–Trinajstić information content (AvgIpc) is 2.39. The van der Waals surface area contributed by atoms with Crippen molar-refractivity contribution in [2.75, 3.05) is 5.32 Å². The fourth-order valence-corrected chi connectivity index (χ4v) is 1.58. The van der Waals surface area contributed by atoms with Crippen LogP contribution in [-0.4, -0.2) is 15.9 Å². The van der Waals surface area contributed by atoms with Gasteiger partial charge in [-0.1, -0.05) is 6.92 Å². The normalized spacial score (nSPS) is 10.1. The van der Waals surface area contributed by atoms with E-state index in [-0.39, 0.29) is 5.91 Å². The maximum Gasteiger partial charge on any atom is 0.225 e. The van der Waals surface area contributed by atoms with Crippen molar-refractivity contribution in [1.29, 1.82) is 0 Å². The number of amides is 1. The summed E-state index contributed by atoms with van der Waals surface area (Å²) < 4.78 is 0. The van der Waals surface area contributed by atoms with Gasteiger partial charge in [0.15, 0.2) is 0 Å². The van der Waals surface area contributed by atoms with Crippen LogP contribution in [0.3, 0.4) is 0 Å². The van der Waals surface area contributed by atoms with Gasteiger partial charge in [0.05, 0.1) is 0 Å². The molecule has 0 aliphatic rings. The Bertz CT molecular complexity index is 549. The van der Waals surface area contributed by atoms with Gasteiger partial charge in [-0.25, -0.2) is 4.98 Å². The molecule has 0 saturated carbocycles. The molecule has 92 valence electrons. The molecule has 18 heavy (non-hydrogen) atoms. The van der Waals surface area contributed by atoms with Crippen molar-refractivity contribution >= 4 is 11.7 Å². The summed E-state index contributed by atoms with van der Waals surface area (Å²) in [6, 6.07) is 5.77. The lowest BCUT2D eigenvalue weighted by molar-refractivity contribution is -0.115. The van der Waals surface area contributed by atoms with E-state index in [9.17, 15) is 4.79 Å². The molecule has 0 spiro atoms. The third-order valence-electron chi connectivity index (χ3n) is 2.56. The molecule has 2 aromatic heterocycles. The Hall–Kier alpha value is -2.23. The average molecular weight is 241 g/mol. The van der Waals surface area contributed by atoms with Gasteiger partial charge >= 0.3 is 0 Å².